The second kappa shape index (κ2) is 1.98. The van der Waals surface area contributed by atoms with Crippen molar-refractivity contribution in [1.29, 1.82) is 0 Å². The summed E-state index contributed by atoms with van der Waals surface area (Å²) in [6, 6.07) is 0.894. The van der Waals surface area contributed by atoms with Gasteiger partial charge in [-0.3, -0.25) is 4.90 Å². The minimum Gasteiger partial charge on any atom is -0.293 e. The van der Waals surface area contributed by atoms with Gasteiger partial charge < -0.3 is 0 Å². The Kier molecular flexibility index (Phi) is 1.55. The van der Waals surface area contributed by atoms with Gasteiger partial charge >= 0.3 is 0 Å². The van der Waals surface area contributed by atoms with Gasteiger partial charge in [0.2, 0.25) is 0 Å². The van der Waals surface area contributed by atoms with Crippen LogP contribution in [-0.4, -0.2) is 23.0 Å². The Morgan fingerprint density at radius 2 is 2.00 bits per heavy atom. The van der Waals surface area contributed by atoms with Crippen molar-refractivity contribution >= 4 is 0 Å². The lowest BCUT2D eigenvalue weighted by Crippen LogP contribution is -2.27. The van der Waals surface area contributed by atoms with E-state index in [4.69, 9.17) is 0 Å². The van der Waals surface area contributed by atoms with Crippen molar-refractivity contribution in [3.05, 3.63) is 0 Å². The van der Waals surface area contributed by atoms with E-state index in [9.17, 15) is 0 Å². The number of nitrogens with zero attached hydrogens (tertiary/aromatic N) is 1. The molecule has 0 spiro atoms. The predicted molar refractivity (Wildman–Crippen MR) is 40.5 cm³/mol. The third-order valence-corrected chi connectivity index (χ3v) is 2.05. The maximum absolute atomic E-state index is 2.53. The first kappa shape index (κ1) is 7.07. The van der Waals surface area contributed by atoms with Gasteiger partial charge in [0.1, 0.15) is 0 Å². The van der Waals surface area contributed by atoms with Crippen LogP contribution < -0.4 is 0 Å². The molecular weight excluding hydrogens is 110 g/mol. The molecule has 54 valence electrons. The molecule has 1 aliphatic rings. The van der Waals surface area contributed by atoms with Crippen LogP contribution in [0.15, 0.2) is 0 Å². The summed E-state index contributed by atoms with van der Waals surface area (Å²) in [5.41, 5.74) is 0.417. The summed E-state index contributed by atoms with van der Waals surface area (Å²) in [5, 5.41) is 0. The van der Waals surface area contributed by atoms with Gasteiger partial charge in [-0.15, -0.1) is 0 Å². The van der Waals surface area contributed by atoms with E-state index in [1.165, 1.54) is 13.0 Å². The molecule has 0 aromatic heterocycles. The fourth-order valence-corrected chi connectivity index (χ4v) is 1.35. The molecule has 0 aromatic rings. The standard InChI is InChI=1S/C8H17N/c1-5-7-6-9(7)8(2,3)4/h7H,5-6H2,1-4H3. The van der Waals surface area contributed by atoms with Crippen LogP contribution in [-0.2, 0) is 0 Å². The first-order valence-corrected chi connectivity index (χ1v) is 3.82. The van der Waals surface area contributed by atoms with Gasteiger partial charge in [-0.25, -0.2) is 0 Å². The van der Waals surface area contributed by atoms with E-state index >= 15 is 0 Å². The Bertz CT molecular complexity index is 102. The summed E-state index contributed by atoms with van der Waals surface area (Å²) in [7, 11) is 0. The van der Waals surface area contributed by atoms with Crippen LogP contribution in [0.2, 0.25) is 0 Å². The van der Waals surface area contributed by atoms with Crippen molar-refractivity contribution in [3.63, 3.8) is 0 Å². The molecule has 0 amide bonds. The van der Waals surface area contributed by atoms with E-state index in [0.29, 0.717) is 5.54 Å². The lowest BCUT2D eigenvalue weighted by atomic mass is 10.1. The van der Waals surface area contributed by atoms with Gasteiger partial charge in [0.25, 0.3) is 0 Å². The predicted octanol–water partition coefficient (Wildman–Crippen LogP) is 1.88. The average Bonchev–Trinajstić information content (AvgIpc) is 2.39. The molecule has 2 atom stereocenters. The molecule has 1 saturated heterocycles. The number of rotatable bonds is 1. The van der Waals surface area contributed by atoms with Gasteiger partial charge in [-0.05, 0) is 27.2 Å². The van der Waals surface area contributed by atoms with Crippen molar-refractivity contribution in [2.24, 2.45) is 0 Å². The lowest BCUT2D eigenvalue weighted by Gasteiger charge is -2.20. The van der Waals surface area contributed by atoms with E-state index in [-0.39, 0.29) is 0 Å². The zero-order valence-corrected chi connectivity index (χ0v) is 6.94. The number of hydrogen-bond acceptors (Lipinski definition) is 1. The van der Waals surface area contributed by atoms with Gasteiger partial charge in [0, 0.05) is 18.1 Å². The minimum absolute atomic E-state index is 0.417. The minimum atomic E-state index is 0.417. The molecule has 0 radical (unpaired) electrons. The van der Waals surface area contributed by atoms with Crippen LogP contribution in [0.1, 0.15) is 34.1 Å². The summed E-state index contributed by atoms with van der Waals surface area (Å²) in [6.45, 7) is 10.4. The van der Waals surface area contributed by atoms with Crippen molar-refractivity contribution in [2.75, 3.05) is 6.54 Å². The van der Waals surface area contributed by atoms with E-state index in [0.717, 1.165) is 6.04 Å². The highest BCUT2D eigenvalue weighted by Crippen LogP contribution is 2.30. The maximum atomic E-state index is 2.53. The fourth-order valence-electron chi connectivity index (χ4n) is 1.35. The van der Waals surface area contributed by atoms with Crippen LogP contribution in [0, 0.1) is 0 Å². The third kappa shape index (κ3) is 1.45. The molecule has 1 nitrogen and oxygen atoms in total. The highest BCUT2D eigenvalue weighted by molar-refractivity contribution is 4.96. The largest absolute Gasteiger partial charge is 0.293 e. The van der Waals surface area contributed by atoms with Crippen molar-refractivity contribution in [1.82, 2.24) is 4.90 Å². The normalized spacial score (nSPS) is 34.7. The van der Waals surface area contributed by atoms with Crippen LogP contribution in [0.25, 0.3) is 0 Å². The Balaban J connectivity index is 2.33. The quantitative estimate of drug-likeness (QED) is 0.486. The smallest absolute Gasteiger partial charge is 0.0226 e. The molecule has 1 fully saturated rings. The molecule has 1 rings (SSSR count). The molecule has 0 N–H and O–H groups in total. The molecule has 0 bridgehead atoms. The molecule has 9 heavy (non-hydrogen) atoms. The van der Waals surface area contributed by atoms with Crippen molar-refractivity contribution in [3.8, 4) is 0 Å². The van der Waals surface area contributed by atoms with Gasteiger partial charge in [0.15, 0.2) is 0 Å². The topological polar surface area (TPSA) is 3.01 Å². The van der Waals surface area contributed by atoms with Gasteiger partial charge in [0.05, 0.1) is 0 Å². The Morgan fingerprint density at radius 3 is 2.11 bits per heavy atom. The van der Waals surface area contributed by atoms with Crippen LogP contribution in [0.5, 0.6) is 0 Å². The SMILES string of the molecule is CCC1CN1C(C)(C)C. The zero-order chi connectivity index (χ0) is 7.07. The Hall–Kier alpha value is -0.0400. The second-order valence-corrected chi connectivity index (χ2v) is 3.89. The van der Waals surface area contributed by atoms with Crippen molar-refractivity contribution < 1.29 is 0 Å². The first-order valence-electron chi connectivity index (χ1n) is 3.82. The summed E-state index contributed by atoms with van der Waals surface area (Å²) >= 11 is 0. The van der Waals surface area contributed by atoms with Gasteiger partial charge in [-0.1, -0.05) is 6.92 Å². The summed E-state index contributed by atoms with van der Waals surface area (Å²) in [4.78, 5) is 2.53. The van der Waals surface area contributed by atoms with Crippen LogP contribution >= 0.6 is 0 Å². The Morgan fingerprint density at radius 1 is 1.44 bits per heavy atom. The van der Waals surface area contributed by atoms with Crippen LogP contribution in [0.3, 0.4) is 0 Å². The van der Waals surface area contributed by atoms with Crippen molar-refractivity contribution in [2.45, 2.75) is 45.7 Å². The molecule has 1 heterocycles. The average molecular weight is 127 g/mol. The van der Waals surface area contributed by atoms with E-state index in [2.05, 4.69) is 32.6 Å². The molecule has 1 aliphatic heterocycles. The molecule has 2 unspecified atom stereocenters. The molecular formula is C8H17N. The van der Waals surface area contributed by atoms with Crippen LogP contribution in [0.4, 0.5) is 0 Å². The highest BCUT2D eigenvalue weighted by Gasteiger charge is 2.39. The second-order valence-electron chi connectivity index (χ2n) is 3.89. The maximum Gasteiger partial charge on any atom is 0.0226 e. The summed E-state index contributed by atoms with van der Waals surface area (Å²) in [5.74, 6) is 0. The highest BCUT2D eigenvalue weighted by atomic mass is 15.3. The molecule has 0 saturated carbocycles. The summed E-state index contributed by atoms with van der Waals surface area (Å²) < 4.78 is 0. The summed E-state index contributed by atoms with van der Waals surface area (Å²) in [6.07, 6.45) is 1.32. The third-order valence-electron chi connectivity index (χ3n) is 2.05. The van der Waals surface area contributed by atoms with Gasteiger partial charge in [-0.2, -0.15) is 0 Å². The first-order chi connectivity index (χ1) is 4.05. The van der Waals surface area contributed by atoms with E-state index in [1.54, 1.807) is 0 Å². The number of hydrogen-bond donors (Lipinski definition) is 0. The van der Waals surface area contributed by atoms with E-state index in [1.807, 2.05) is 0 Å². The zero-order valence-electron chi connectivity index (χ0n) is 6.94. The molecule has 0 aliphatic carbocycles. The fraction of sp³-hybridized carbons (Fsp3) is 1.00. The lowest BCUT2D eigenvalue weighted by molar-refractivity contribution is 0.284. The molecule has 0 aromatic carbocycles. The molecule has 1 heteroatoms. The Labute approximate surface area is 58.0 Å². The van der Waals surface area contributed by atoms with E-state index < -0.39 is 0 Å². The monoisotopic (exact) mass is 127 g/mol.